The van der Waals surface area contributed by atoms with Crippen molar-refractivity contribution < 1.29 is 42.6 Å². The Labute approximate surface area is 158 Å². The molecule has 6 unspecified atom stereocenters. The molecule has 0 saturated carbocycles. The fraction of sp³-hybridized carbons (Fsp3) is 1.00. The predicted molar refractivity (Wildman–Crippen MR) is 88.3 cm³/mol. The van der Waals surface area contributed by atoms with Gasteiger partial charge in [-0.1, -0.05) is 0 Å². The van der Waals surface area contributed by atoms with Crippen molar-refractivity contribution in [2.75, 3.05) is 26.6 Å². The van der Waals surface area contributed by atoms with Gasteiger partial charge in [-0.25, -0.2) is 0 Å². The zero-order valence-corrected chi connectivity index (χ0v) is 18.0. The van der Waals surface area contributed by atoms with E-state index in [2.05, 4.69) is 0 Å². The van der Waals surface area contributed by atoms with Gasteiger partial charge >= 0.3 is 158 Å². The van der Waals surface area contributed by atoms with Crippen molar-refractivity contribution in [1.29, 1.82) is 0 Å². The van der Waals surface area contributed by atoms with Crippen molar-refractivity contribution in [2.24, 2.45) is 0 Å². The van der Waals surface area contributed by atoms with Crippen LogP contribution in [0.15, 0.2) is 0 Å². The Hall–Kier alpha value is 0.129. The van der Waals surface area contributed by atoms with Crippen LogP contribution >= 0.6 is 0 Å². The van der Waals surface area contributed by atoms with Gasteiger partial charge in [0.2, 0.25) is 0 Å². The fourth-order valence-corrected chi connectivity index (χ4v) is 15.0. The minimum atomic E-state index is -5.04. The molecule has 0 spiro atoms. The van der Waals surface area contributed by atoms with Crippen LogP contribution in [0.3, 0.4) is 0 Å². The first-order valence-corrected chi connectivity index (χ1v) is 16.0. The Morgan fingerprint density at radius 2 is 0.963 bits per heavy atom. The molecule has 0 aliphatic carbocycles. The number of halogens is 9. The minimum absolute atomic E-state index is 0.121. The second-order valence-corrected chi connectivity index (χ2v) is 17.6. The van der Waals surface area contributed by atoms with Gasteiger partial charge in [0.1, 0.15) is 0 Å². The SMILES string of the molecule is CCCC[O][Sn]([CH2]C(F)C(F)CF)([CH2]C(F)C(F)CF)[CH2]C(F)C(F)CF. The molecule has 0 heterocycles. The predicted octanol–water partition coefficient (Wildman–Crippen LogP) is 5.69. The van der Waals surface area contributed by atoms with Crippen LogP contribution in [0.2, 0.25) is 13.3 Å². The molecule has 0 aliphatic heterocycles. The van der Waals surface area contributed by atoms with E-state index >= 15 is 0 Å². The van der Waals surface area contributed by atoms with Crippen molar-refractivity contribution in [3.05, 3.63) is 0 Å². The molecule has 11 heteroatoms. The molecule has 0 rings (SSSR count). The Bertz CT molecular complexity index is 334. The molecule has 0 aromatic carbocycles. The summed E-state index contributed by atoms with van der Waals surface area (Å²) in [5, 5.41) is 0. The third-order valence-corrected chi connectivity index (χ3v) is 16.3. The molecule has 0 radical (unpaired) electrons. The van der Waals surface area contributed by atoms with Crippen LogP contribution in [0.25, 0.3) is 0 Å². The number of unbranched alkanes of at least 4 members (excludes halogenated alkanes) is 1. The Balaban J connectivity index is 5.63. The van der Waals surface area contributed by atoms with E-state index in [1.807, 2.05) is 0 Å². The molecule has 6 atom stereocenters. The van der Waals surface area contributed by atoms with E-state index in [9.17, 15) is 39.5 Å². The molecular weight excluding hydrogens is 498 g/mol. The van der Waals surface area contributed by atoms with Crippen LogP contribution < -0.4 is 0 Å². The van der Waals surface area contributed by atoms with Crippen LogP contribution in [0.5, 0.6) is 0 Å². The van der Waals surface area contributed by atoms with Crippen molar-refractivity contribution in [3.8, 4) is 0 Å². The van der Waals surface area contributed by atoms with Gasteiger partial charge < -0.3 is 0 Å². The molecule has 0 aromatic rings. The maximum atomic E-state index is 14.0. The topological polar surface area (TPSA) is 9.23 Å². The van der Waals surface area contributed by atoms with E-state index in [1.165, 1.54) is 0 Å². The van der Waals surface area contributed by atoms with Crippen molar-refractivity contribution in [3.63, 3.8) is 0 Å². The summed E-state index contributed by atoms with van der Waals surface area (Å²) in [6.07, 6.45) is -14.3. The molecule has 1 nitrogen and oxygen atoms in total. The van der Waals surface area contributed by atoms with Crippen LogP contribution in [0.4, 0.5) is 39.5 Å². The van der Waals surface area contributed by atoms with Crippen molar-refractivity contribution in [1.82, 2.24) is 0 Å². The van der Waals surface area contributed by atoms with Crippen LogP contribution in [-0.4, -0.2) is 82.5 Å². The summed E-state index contributed by atoms with van der Waals surface area (Å²) in [5.41, 5.74) is 0. The van der Waals surface area contributed by atoms with Crippen LogP contribution in [-0.2, 0) is 3.07 Å². The molecule has 0 aliphatic rings. The van der Waals surface area contributed by atoms with Gasteiger partial charge in [-0.05, 0) is 0 Å². The summed E-state index contributed by atoms with van der Waals surface area (Å²) in [5.74, 6) is 0. The molecule has 0 amide bonds. The van der Waals surface area contributed by atoms with Gasteiger partial charge in [0, 0.05) is 0 Å². The molecule has 27 heavy (non-hydrogen) atoms. The summed E-state index contributed by atoms with van der Waals surface area (Å²) < 4.78 is 122. The van der Waals surface area contributed by atoms with Crippen LogP contribution in [0, 0.1) is 0 Å². The molecule has 0 bridgehead atoms. The Morgan fingerprint density at radius 3 is 1.22 bits per heavy atom. The zero-order chi connectivity index (χ0) is 21.0. The van der Waals surface area contributed by atoms with E-state index in [-0.39, 0.29) is 6.61 Å². The number of hydrogen-bond acceptors (Lipinski definition) is 1. The maximum absolute atomic E-state index is 14.0. The van der Waals surface area contributed by atoms with E-state index in [0.717, 1.165) is 0 Å². The first kappa shape index (κ1) is 27.1. The average Bonchev–Trinajstić information content (AvgIpc) is 2.65. The van der Waals surface area contributed by atoms with Crippen molar-refractivity contribution in [2.45, 2.75) is 70.1 Å². The summed E-state index contributed by atoms with van der Waals surface area (Å²) in [7, 11) is 0. The van der Waals surface area contributed by atoms with E-state index in [4.69, 9.17) is 3.07 Å². The van der Waals surface area contributed by atoms with Gasteiger partial charge in [-0.2, -0.15) is 0 Å². The fourth-order valence-electron chi connectivity index (χ4n) is 2.60. The van der Waals surface area contributed by atoms with Gasteiger partial charge in [0.25, 0.3) is 0 Å². The number of rotatable bonds is 16. The summed E-state index contributed by atoms with van der Waals surface area (Å²) >= 11 is -5.04. The quantitative estimate of drug-likeness (QED) is 0.143. The van der Waals surface area contributed by atoms with Gasteiger partial charge in [-0.3, -0.25) is 0 Å². The molecule has 164 valence electrons. The van der Waals surface area contributed by atoms with Gasteiger partial charge in [0.15, 0.2) is 0 Å². The zero-order valence-electron chi connectivity index (χ0n) is 15.1. The standard InChI is InChI=1S/3C4H6F3.C4H9O.Sn/c3*1-3(6)4(7)2-5;1-2-3-4-5;/h3*3-4H,1-2H2;2-4H2,1H3;/q;;;-1;+1. The van der Waals surface area contributed by atoms with Gasteiger partial charge in [0.05, 0.1) is 0 Å². The van der Waals surface area contributed by atoms with E-state index in [1.54, 1.807) is 6.92 Å². The molecular formula is C16H27F9OSn. The number of hydrogen-bond donors (Lipinski definition) is 0. The first-order valence-electron chi connectivity index (χ1n) is 8.82. The Kier molecular flexibility index (Phi) is 14.2. The second-order valence-electron chi connectivity index (χ2n) is 6.56. The molecule has 0 aromatic heterocycles. The van der Waals surface area contributed by atoms with Crippen molar-refractivity contribution >= 4 is 18.8 Å². The monoisotopic (exact) mass is 526 g/mol. The third kappa shape index (κ3) is 9.94. The van der Waals surface area contributed by atoms with E-state index < -0.39 is 89.2 Å². The van der Waals surface area contributed by atoms with Gasteiger partial charge in [-0.15, -0.1) is 0 Å². The number of alkyl halides is 9. The summed E-state index contributed by atoms with van der Waals surface area (Å²) in [4.78, 5) is 0. The normalized spacial score (nSPS) is 21.1. The van der Waals surface area contributed by atoms with E-state index in [0.29, 0.717) is 12.8 Å². The van der Waals surface area contributed by atoms with Crippen LogP contribution in [0.1, 0.15) is 19.8 Å². The second kappa shape index (κ2) is 14.2. The molecule has 0 N–H and O–H groups in total. The summed E-state index contributed by atoms with van der Waals surface area (Å²) in [6, 6.07) is 0. The first-order chi connectivity index (χ1) is 12.7. The average molecular weight is 525 g/mol. The molecule has 0 fully saturated rings. The summed E-state index contributed by atoms with van der Waals surface area (Å²) in [6.45, 7) is -3.45. The Morgan fingerprint density at radius 1 is 0.630 bits per heavy atom. The molecule has 0 saturated heterocycles. The third-order valence-electron chi connectivity index (χ3n) is 4.23.